The molecule has 0 spiro atoms. The molecule has 0 N–H and O–H groups in total. The quantitative estimate of drug-likeness (QED) is 0.156. The van der Waals surface area contributed by atoms with Crippen LogP contribution in [0.25, 0.3) is 22.3 Å². The van der Waals surface area contributed by atoms with Gasteiger partial charge in [0.15, 0.2) is 5.65 Å². The Kier molecular flexibility index (Phi) is 6.25. The van der Waals surface area contributed by atoms with Crippen molar-refractivity contribution < 1.29 is 14.4 Å². The van der Waals surface area contributed by atoms with E-state index in [1.165, 1.54) is 12.1 Å². The molecular weight excluding hydrogens is 539 g/mol. The van der Waals surface area contributed by atoms with Crippen LogP contribution in [-0.4, -0.2) is 69.5 Å². The number of pyridine rings is 1. The van der Waals surface area contributed by atoms with Crippen molar-refractivity contribution in [3.63, 3.8) is 0 Å². The van der Waals surface area contributed by atoms with E-state index in [1.54, 1.807) is 6.07 Å². The van der Waals surface area contributed by atoms with Crippen molar-refractivity contribution in [2.45, 2.75) is 17.0 Å². The van der Waals surface area contributed by atoms with Gasteiger partial charge in [-0.15, -0.1) is 0 Å². The van der Waals surface area contributed by atoms with E-state index in [1.807, 2.05) is 18.2 Å². The molecule has 1 aromatic carbocycles. The molecule has 0 saturated carbocycles. The van der Waals surface area contributed by atoms with Gasteiger partial charge in [-0.1, -0.05) is 34.7 Å². The normalized spacial score (nSPS) is 21.4. The zero-order valence-corrected chi connectivity index (χ0v) is 20.2. The standard InChI is InChI=1S/C22H23IN6O4/c1-14-12-32-9-7-27(14)22-25-20-17(21(26-22)28-8-10-33-13-19(28)23)5-6-18(24-20)15-3-2-4-16(11-15)29(30)31/h2-6,11,14,19H,7-10,12-13H2,1H3/t14-,19+/m0/s1. The van der Waals surface area contributed by atoms with Crippen LogP contribution in [0.2, 0.25) is 0 Å². The molecule has 2 saturated heterocycles. The van der Waals surface area contributed by atoms with E-state index < -0.39 is 4.92 Å². The van der Waals surface area contributed by atoms with Crippen LogP contribution >= 0.6 is 22.6 Å². The Morgan fingerprint density at radius 1 is 1.06 bits per heavy atom. The number of aromatic nitrogens is 3. The highest BCUT2D eigenvalue weighted by molar-refractivity contribution is 14.1. The summed E-state index contributed by atoms with van der Waals surface area (Å²) in [6.07, 6.45) is 0. The van der Waals surface area contributed by atoms with E-state index in [9.17, 15) is 10.1 Å². The van der Waals surface area contributed by atoms with E-state index >= 15 is 0 Å². The number of nitrogens with zero attached hydrogens (tertiary/aromatic N) is 6. The first kappa shape index (κ1) is 22.2. The number of anilines is 2. The summed E-state index contributed by atoms with van der Waals surface area (Å²) in [7, 11) is 0. The van der Waals surface area contributed by atoms with Gasteiger partial charge in [-0.25, -0.2) is 4.98 Å². The number of ether oxygens (including phenoxy) is 2. The Bertz CT molecular complexity index is 1190. The molecule has 2 aliphatic heterocycles. The number of alkyl halides is 1. The summed E-state index contributed by atoms with van der Waals surface area (Å²) in [5.41, 5.74) is 1.89. The number of fused-ring (bicyclic) bond motifs is 1. The van der Waals surface area contributed by atoms with Crippen LogP contribution in [0.15, 0.2) is 36.4 Å². The summed E-state index contributed by atoms with van der Waals surface area (Å²) in [6, 6.07) is 10.5. The second-order valence-corrected chi connectivity index (χ2v) is 9.48. The number of nitro groups is 1. The first-order valence-corrected chi connectivity index (χ1v) is 12.0. The second-order valence-electron chi connectivity index (χ2n) is 8.04. The van der Waals surface area contributed by atoms with Gasteiger partial charge >= 0.3 is 0 Å². The average molecular weight is 562 g/mol. The third kappa shape index (κ3) is 4.44. The molecular formula is C22H23IN6O4. The Morgan fingerprint density at radius 2 is 1.85 bits per heavy atom. The van der Waals surface area contributed by atoms with E-state index in [2.05, 4.69) is 39.3 Å². The van der Waals surface area contributed by atoms with Crippen LogP contribution in [0.1, 0.15) is 6.92 Å². The van der Waals surface area contributed by atoms with Crippen LogP contribution in [0, 0.1) is 10.1 Å². The van der Waals surface area contributed by atoms with Gasteiger partial charge in [-0.3, -0.25) is 10.1 Å². The van der Waals surface area contributed by atoms with E-state index in [0.717, 1.165) is 17.7 Å². The van der Waals surface area contributed by atoms with Crippen molar-refractivity contribution in [3.05, 3.63) is 46.5 Å². The molecule has 0 radical (unpaired) electrons. The number of morpholine rings is 2. The third-order valence-electron chi connectivity index (χ3n) is 5.85. The van der Waals surface area contributed by atoms with Crippen LogP contribution in [0.5, 0.6) is 0 Å². The Balaban J connectivity index is 1.65. The fraction of sp³-hybridized carbons (Fsp3) is 0.409. The lowest BCUT2D eigenvalue weighted by molar-refractivity contribution is -0.384. The summed E-state index contributed by atoms with van der Waals surface area (Å²) < 4.78 is 11.4. The number of hydrogen-bond acceptors (Lipinski definition) is 9. The highest BCUT2D eigenvalue weighted by Gasteiger charge is 2.28. The fourth-order valence-corrected chi connectivity index (χ4v) is 4.90. The zero-order valence-electron chi connectivity index (χ0n) is 18.1. The van der Waals surface area contributed by atoms with E-state index in [-0.39, 0.29) is 15.8 Å². The van der Waals surface area contributed by atoms with Crippen LogP contribution in [-0.2, 0) is 9.47 Å². The molecule has 33 heavy (non-hydrogen) atoms. The first-order chi connectivity index (χ1) is 16.0. The summed E-state index contributed by atoms with van der Waals surface area (Å²) in [4.78, 5) is 29.8. The molecule has 0 unspecified atom stereocenters. The minimum Gasteiger partial charge on any atom is -0.377 e. The largest absolute Gasteiger partial charge is 0.377 e. The van der Waals surface area contributed by atoms with Gasteiger partial charge in [0.1, 0.15) is 9.87 Å². The molecule has 11 heteroatoms. The van der Waals surface area contributed by atoms with Gasteiger partial charge in [0, 0.05) is 30.8 Å². The summed E-state index contributed by atoms with van der Waals surface area (Å²) in [6.45, 7) is 6.01. The van der Waals surface area contributed by atoms with Gasteiger partial charge < -0.3 is 19.3 Å². The fourth-order valence-electron chi connectivity index (χ4n) is 4.11. The van der Waals surface area contributed by atoms with E-state index in [4.69, 9.17) is 24.4 Å². The summed E-state index contributed by atoms with van der Waals surface area (Å²) in [5, 5.41) is 12.1. The molecule has 10 nitrogen and oxygen atoms in total. The molecule has 5 rings (SSSR count). The lowest BCUT2D eigenvalue weighted by Crippen LogP contribution is -2.45. The molecule has 3 aromatic rings. The van der Waals surface area contributed by atoms with Crippen molar-refractivity contribution in [2.75, 3.05) is 49.3 Å². The molecule has 4 heterocycles. The molecule has 2 aromatic heterocycles. The Hall–Kier alpha value is -2.64. The zero-order chi connectivity index (χ0) is 22.9. The Morgan fingerprint density at radius 3 is 2.61 bits per heavy atom. The molecule has 2 aliphatic rings. The average Bonchev–Trinajstić information content (AvgIpc) is 2.84. The number of hydrogen-bond donors (Lipinski definition) is 0. The molecule has 0 bridgehead atoms. The highest BCUT2D eigenvalue weighted by Crippen LogP contribution is 2.32. The van der Waals surface area contributed by atoms with Crippen LogP contribution in [0.4, 0.5) is 17.5 Å². The number of halogens is 1. The first-order valence-electron chi connectivity index (χ1n) is 10.8. The second kappa shape index (κ2) is 9.31. The van der Waals surface area contributed by atoms with Crippen LogP contribution in [0.3, 0.4) is 0 Å². The number of benzene rings is 1. The minimum atomic E-state index is -0.401. The van der Waals surface area contributed by atoms with Gasteiger partial charge in [0.05, 0.1) is 48.5 Å². The molecule has 0 aliphatic carbocycles. The minimum absolute atomic E-state index is 0.0293. The molecule has 2 atom stereocenters. The summed E-state index contributed by atoms with van der Waals surface area (Å²) in [5.74, 6) is 1.45. The lowest BCUT2D eigenvalue weighted by atomic mass is 10.1. The van der Waals surface area contributed by atoms with Gasteiger partial charge in [-0.05, 0) is 19.1 Å². The predicted octanol–water partition coefficient (Wildman–Crippen LogP) is 3.42. The van der Waals surface area contributed by atoms with Crippen LogP contribution < -0.4 is 9.80 Å². The molecule has 172 valence electrons. The van der Waals surface area contributed by atoms with Crippen molar-refractivity contribution >= 4 is 51.1 Å². The third-order valence-corrected chi connectivity index (χ3v) is 6.88. The number of non-ortho nitro benzene ring substituents is 1. The SMILES string of the molecule is C[C@H]1COCCN1c1nc(N2CCOC[C@@H]2I)c2ccc(-c3cccc([N+](=O)[O-])c3)nc2n1. The molecule has 0 amide bonds. The molecule has 2 fully saturated rings. The van der Waals surface area contributed by atoms with Gasteiger partial charge in [0.2, 0.25) is 5.95 Å². The van der Waals surface area contributed by atoms with Crippen molar-refractivity contribution in [1.82, 2.24) is 15.0 Å². The predicted molar refractivity (Wildman–Crippen MR) is 133 cm³/mol. The van der Waals surface area contributed by atoms with Crippen molar-refractivity contribution in [2.24, 2.45) is 0 Å². The van der Waals surface area contributed by atoms with E-state index in [0.29, 0.717) is 55.8 Å². The number of nitro benzene ring substituents is 1. The topological polar surface area (TPSA) is 107 Å². The number of rotatable bonds is 4. The van der Waals surface area contributed by atoms with Gasteiger partial charge in [0.25, 0.3) is 5.69 Å². The van der Waals surface area contributed by atoms with Crippen molar-refractivity contribution in [1.29, 1.82) is 0 Å². The van der Waals surface area contributed by atoms with Crippen molar-refractivity contribution in [3.8, 4) is 11.3 Å². The maximum absolute atomic E-state index is 11.2. The van der Waals surface area contributed by atoms with Gasteiger partial charge in [-0.2, -0.15) is 9.97 Å². The maximum Gasteiger partial charge on any atom is 0.270 e. The monoisotopic (exact) mass is 562 g/mol. The smallest absolute Gasteiger partial charge is 0.270 e. The maximum atomic E-state index is 11.2. The summed E-state index contributed by atoms with van der Waals surface area (Å²) >= 11 is 2.37. The highest BCUT2D eigenvalue weighted by atomic mass is 127. The lowest BCUT2D eigenvalue weighted by Gasteiger charge is -2.36. The Labute approximate surface area is 204 Å².